The van der Waals surface area contributed by atoms with Crippen molar-refractivity contribution in [2.75, 3.05) is 5.32 Å². The average molecular weight is 295 g/mol. The second kappa shape index (κ2) is 5.79. The number of hydrogen-bond acceptors (Lipinski definition) is 3. The van der Waals surface area contributed by atoms with Crippen LogP contribution in [0.5, 0.6) is 5.75 Å². The van der Waals surface area contributed by atoms with Crippen molar-refractivity contribution in [3.63, 3.8) is 0 Å². The molecule has 0 fully saturated rings. The summed E-state index contributed by atoms with van der Waals surface area (Å²) in [6.07, 6.45) is 0. The Bertz CT molecular complexity index is 649. The van der Waals surface area contributed by atoms with Gasteiger partial charge in [-0.15, -0.1) is 0 Å². The number of phenols is 1. The molecule has 0 aliphatic carbocycles. The number of halogens is 2. The minimum absolute atomic E-state index is 0.0532. The van der Waals surface area contributed by atoms with E-state index in [0.717, 1.165) is 18.2 Å². The fourth-order valence-corrected chi connectivity index (χ4v) is 1.98. The summed E-state index contributed by atoms with van der Waals surface area (Å²) in [6.45, 7) is 0. The second-order valence-electron chi connectivity index (χ2n) is 4.16. The van der Waals surface area contributed by atoms with Gasteiger partial charge in [0.25, 0.3) is 0 Å². The summed E-state index contributed by atoms with van der Waals surface area (Å²) in [6, 6.07) is 8.94. The molecule has 0 heterocycles. The molecule has 2 aromatic carbocycles. The number of nitrogens with two attached hydrogens (primary N) is 1. The van der Waals surface area contributed by atoms with E-state index in [9.17, 15) is 14.3 Å². The highest BCUT2D eigenvalue weighted by Crippen LogP contribution is 2.30. The Kier molecular flexibility index (Phi) is 4.10. The molecule has 1 atom stereocenters. The van der Waals surface area contributed by atoms with Crippen LogP contribution in [0.2, 0.25) is 5.02 Å². The van der Waals surface area contributed by atoms with Crippen molar-refractivity contribution in [1.29, 1.82) is 0 Å². The van der Waals surface area contributed by atoms with Gasteiger partial charge >= 0.3 is 0 Å². The number of benzene rings is 2. The molecule has 2 aromatic rings. The van der Waals surface area contributed by atoms with Crippen molar-refractivity contribution in [3.8, 4) is 5.75 Å². The van der Waals surface area contributed by atoms with Gasteiger partial charge in [-0.1, -0.05) is 23.7 Å². The number of primary amides is 1. The number of carbonyl (C=O) groups is 1. The van der Waals surface area contributed by atoms with Crippen LogP contribution in [0.15, 0.2) is 42.5 Å². The lowest BCUT2D eigenvalue weighted by molar-refractivity contribution is -0.118. The lowest BCUT2D eigenvalue weighted by atomic mass is 10.0. The Morgan fingerprint density at radius 1 is 1.30 bits per heavy atom. The van der Waals surface area contributed by atoms with Crippen molar-refractivity contribution in [2.24, 2.45) is 5.73 Å². The molecule has 1 amide bonds. The zero-order valence-electron chi connectivity index (χ0n) is 10.3. The molecule has 0 bridgehead atoms. The van der Waals surface area contributed by atoms with Crippen molar-refractivity contribution in [3.05, 3.63) is 58.9 Å². The van der Waals surface area contributed by atoms with Crippen LogP contribution in [0, 0.1) is 5.82 Å². The van der Waals surface area contributed by atoms with E-state index in [0.29, 0.717) is 10.7 Å². The van der Waals surface area contributed by atoms with Crippen LogP contribution < -0.4 is 11.1 Å². The van der Waals surface area contributed by atoms with Gasteiger partial charge in [0.15, 0.2) is 0 Å². The lowest BCUT2D eigenvalue weighted by Gasteiger charge is -2.19. The number of amides is 1. The van der Waals surface area contributed by atoms with Gasteiger partial charge in [0.2, 0.25) is 5.91 Å². The van der Waals surface area contributed by atoms with E-state index in [2.05, 4.69) is 5.32 Å². The Morgan fingerprint density at radius 2 is 2.00 bits per heavy atom. The number of nitrogens with one attached hydrogen (secondary N) is 1. The van der Waals surface area contributed by atoms with Crippen LogP contribution in [0.3, 0.4) is 0 Å². The molecule has 1 unspecified atom stereocenters. The monoisotopic (exact) mass is 294 g/mol. The highest BCUT2D eigenvalue weighted by atomic mass is 35.5. The molecule has 0 aromatic heterocycles. The van der Waals surface area contributed by atoms with E-state index in [4.69, 9.17) is 17.3 Å². The van der Waals surface area contributed by atoms with Gasteiger partial charge in [-0.25, -0.2) is 4.39 Å². The molecule has 6 heteroatoms. The molecular weight excluding hydrogens is 283 g/mol. The first kappa shape index (κ1) is 14.1. The molecular formula is C14H12ClFN2O2. The first-order chi connectivity index (χ1) is 9.49. The molecule has 20 heavy (non-hydrogen) atoms. The van der Waals surface area contributed by atoms with Gasteiger partial charge in [0.1, 0.15) is 17.6 Å². The maximum Gasteiger partial charge on any atom is 0.244 e. The number of aromatic hydroxyl groups is 1. The van der Waals surface area contributed by atoms with E-state index < -0.39 is 17.8 Å². The minimum Gasteiger partial charge on any atom is -0.508 e. The Labute approximate surface area is 120 Å². The molecule has 0 aliphatic rings. The van der Waals surface area contributed by atoms with Gasteiger partial charge < -0.3 is 16.2 Å². The number of anilines is 1. The van der Waals surface area contributed by atoms with Gasteiger partial charge in [-0.05, 0) is 30.3 Å². The smallest absolute Gasteiger partial charge is 0.244 e. The van der Waals surface area contributed by atoms with Crippen LogP contribution in [0.25, 0.3) is 0 Å². The van der Waals surface area contributed by atoms with E-state index in [1.54, 1.807) is 24.3 Å². The van der Waals surface area contributed by atoms with E-state index in [1.807, 2.05) is 0 Å². The Morgan fingerprint density at radius 3 is 2.65 bits per heavy atom. The number of carbonyl (C=O) groups excluding carboxylic acids is 1. The first-order valence-electron chi connectivity index (χ1n) is 5.78. The summed E-state index contributed by atoms with van der Waals surface area (Å²) in [5.41, 5.74) is 5.82. The number of rotatable bonds is 4. The summed E-state index contributed by atoms with van der Waals surface area (Å²) < 4.78 is 13.3. The van der Waals surface area contributed by atoms with Crippen LogP contribution >= 0.6 is 11.6 Å². The average Bonchev–Trinajstić information content (AvgIpc) is 2.40. The molecule has 0 spiro atoms. The van der Waals surface area contributed by atoms with Gasteiger partial charge in [0.05, 0.1) is 10.7 Å². The largest absolute Gasteiger partial charge is 0.508 e. The summed E-state index contributed by atoms with van der Waals surface area (Å²) in [5, 5.41) is 12.9. The van der Waals surface area contributed by atoms with Crippen molar-refractivity contribution >= 4 is 23.2 Å². The van der Waals surface area contributed by atoms with E-state index >= 15 is 0 Å². The molecule has 0 saturated carbocycles. The third-order valence-corrected chi connectivity index (χ3v) is 3.09. The molecule has 4 nitrogen and oxygen atoms in total. The zero-order valence-corrected chi connectivity index (χ0v) is 11.1. The van der Waals surface area contributed by atoms with Crippen molar-refractivity contribution < 1.29 is 14.3 Å². The second-order valence-corrected chi connectivity index (χ2v) is 4.57. The SMILES string of the molecule is NC(=O)C(Nc1ccccc1Cl)c1cc(F)ccc1O. The standard InChI is InChI=1S/C14H12ClFN2O2/c15-10-3-1-2-4-11(10)18-13(14(17)20)9-7-8(16)5-6-12(9)19/h1-7,13,18-19H,(H2,17,20). The maximum atomic E-state index is 13.3. The van der Waals surface area contributed by atoms with Crippen LogP contribution in [0.1, 0.15) is 11.6 Å². The molecule has 104 valence electrons. The molecule has 4 N–H and O–H groups in total. The van der Waals surface area contributed by atoms with E-state index in [-0.39, 0.29) is 11.3 Å². The third-order valence-electron chi connectivity index (χ3n) is 2.76. The Hall–Kier alpha value is -2.27. The lowest BCUT2D eigenvalue weighted by Crippen LogP contribution is -2.28. The predicted octanol–water partition coefficient (Wildman–Crippen LogP) is 2.82. The minimum atomic E-state index is -1.09. The number of hydrogen-bond donors (Lipinski definition) is 3. The van der Waals surface area contributed by atoms with Crippen LogP contribution in [-0.4, -0.2) is 11.0 Å². The van der Waals surface area contributed by atoms with Crippen LogP contribution in [-0.2, 0) is 4.79 Å². The predicted molar refractivity (Wildman–Crippen MR) is 75.1 cm³/mol. The number of phenolic OH excluding ortho intramolecular Hbond substituents is 1. The van der Waals surface area contributed by atoms with Gasteiger partial charge in [-0.2, -0.15) is 0 Å². The number of para-hydroxylation sites is 1. The Balaban J connectivity index is 2.40. The zero-order chi connectivity index (χ0) is 14.7. The summed E-state index contributed by atoms with van der Waals surface area (Å²) in [7, 11) is 0. The first-order valence-corrected chi connectivity index (χ1v) is 6.15. The third kappa shape index (κ3) is 3.00. The summed E-state index contributed by atoms with van der Waals surface area (Å²) >= 11 is 5.98. The van der Waals surface area contributed by atoms with Crippen LogP contribution in [0.4, 0.5) is 10.1 Å². The fraction of sp³-hybridized carbons (Fsp3) is 0.0714. The quantitative estimate of drug-likeness (QED) is 0.811. The van der Waals surface area contributed by atoms with Gasteiger partial charge in [-0.3, -0.25) is 4.79 Å². The molecule has 0 saturated heterocycles. The maximum absolute atomic E-state index is 13.3. The highest BCUT2D eigenvalue weighted by Gasteiger charge is 2.22. The topological polar surface area (TPSA) is 75.4 Å². The van der Waals surface area contributed by atoms with Crippen molar-refractivity contribution in [2.45, 2.75) is 6.04 Å². The van der Waals surface area contributed by atoms with E-state index in [1.165, 1.54) is 0 Å². The summed E-state index contributed by atoms with van der Waals surface area (Å²) in [4.78, 5) is 11.6. The normalized spacial score (nSPS) is 11.9. The molecule has 0 radical (unpaired) electrons. The van der Waals surface area contributed by atoms with Gasteiger partial charge in [0, 0.05) is 5.56 Å². The fourth-order valence-electron chi connectivity index (χ4n) is 1.79. The highest BCUT2D eigenvalue weighted by molar-refractivity contribution is 6.33. The van der Waals surface area contributed by atoms with Crippen molar-refractivity contribution in [1.82, 2.24) is 0 Å². The summed E-state index contributed by atoms with van der Waals surface area (Å²) in [5.74, 6) is -1.56. The molecule has 0 aliphatic heterocycles. The molecule has 2 rings (SSSR count).